The Morgan fingerprint density at radius 2 is 1.67 bits per heavy atom. The molecule has 6 heteroatoms. The maximum atomic E-state index is 13.3. The molecule has 0 aliphatic heterocycles. The number of benzene rings is 2. The lowest BCUT2D eigenvalue weighted by Gasteiger charge is -2.17. The Kier molecular flexibility index (Phi) is 6.10. The molecule has 1 amide bonds. The molecule has 2 rings (SSSR count). The van der Waals surface area contributed by atoms with Gasteiger partial charge >= 0.3 is 5.97 Å². The summed E-state index contributed by atoms with van der Waals surface area (Å²) in [6.07, 6.45) is 0. The van der Waals surface area contributed by atoms with Crippen molar-refractivity contribution in [2.45, 2.75) is 27.7 Å². The first kappa shape index (κ1) is 20.3. The molecule has 0 atom stereocenters. The SMILES string of the molecule is Cc1ccc(F)cc1C(=O)OCC(=O)c1ccc(NC(=O)C(C)(C)C)cc1. The fourth-order valence-corrected chi connectivity index (χ4v) is 2.16. The average Bonchev–Trinajstić information content (AvgIpc) is 2.61. The zero-order valence-electron chi connectivity index (χ0n) is 15.8. The minimum Gasteiger partial charge on any atom is -0.454 e. The van der Waals surface area contributed by atoms with Gasteiger partial charge in [0.15, 0.2) is 12.4 Å². The number of amides is 1. The Hall–Kier alpha value is -3.02. The highest BCUT2D eigenvalue weighted by Gasteiger charge is 2.21. The lowest BCUT2D eigenvalue weighted by molar-refractivity contribution is -0.123. The number of hydrogen-bond donors (Lipinski definition) is 1. The molecule has 2 aromatic rings. The summed E-state index contributed by atoms with van der Waals surface area (Å²) in [6, 6.07) is 10.1. The number of rotatable bonds is 5. The molecular weight excluding hydrogens is 349 g/mol. The summed E-state index contributed by atoms with van der Waals surface area (Å²) in [5, 5.41) is 2.76. The minimum absolute atomic E-state index is 0.0861. The monoisotopic (exact) mass is 371 g/mol. The lowest BCUT2D eigenvalue weighted by atomic mass is 9.95. The number of halogens is 1. The van der Waals surface area contributed by atoms with Gasteiger partial charge in [0.1, 0.15) is 5.82 Å². The molecule has 0 radical (unpaired) electrons. The van der Waals surface area contributed by atoms with Crippen LogP contribution in [-0.4, -0.2) is 24.3 Å². The van der Waals surface area contributed by atoms with Gasteiger partial charge in [0.05, 0.1) is 5.56 Å². The van der Waals surface area contributed by atoms with E-state index in [9.17, 15) is 18.8 Å². The van der Waals surface area contributed by atoms with Gasteiger partial charge in [-0.3, -0.25) is 9.59 Å². The van der Waals surface area contributed by atoms with Crippen LogP contribution >= 0.6 is 0 Å². The molecule has 0 aliphatic rings. The quantitative estimate of drug-likeness (QED) is 0.633. The van der Waals surface area contributed by atoms with E-state index in [0.717, 1.165) is 6.07 Å². The van der Waals surface area contributed by atoms with E-state index in [0.29, 0.717) is 16.8 Å². The van der Waals surface area contributed by atoms with Crippen molar-refractivity contribution in [2.75, 3.05) is 11.9 Å². The van der Waals surface area contributed by atoms with Crippen LogP contribution in [0.4, 0.5) is 10.1 Å². The average molecular weight is 371 g/mol. The first-order valence-electron chi connectivity index (χ1n) is 8.46. The van der Waals surface area contributed by atoms with Crippen molar-refractivity contribution in [1.82, 2.24) is 0 Å². The van der Waals surface area contributed by atoms with Gasteiger partial charge in [0.25, 0.3) is 0 Å². The highest BCUT2D eigenvalue weighted by molar-refractivity contribution is 6.00. The van der Waals surface area contributed by atoms with Crippen LogP contribution in [0.5, 0.6) is 0 Å². The first-order valence-corrected chi connectivity index (χ1v) is 8.46. The van der Waals surface area contributed by atoms with E-state index in [-0.39, 0.29) is 11.5 Å². The van der Waals surface area contributed by atoms with E-state index in [2.05, 4.69) is 5.32 Å². The number of hydrogen-bond acceptors (Lipinski definition) is 4. The summed E-state index contributed by atoms with van der Waals surface area (Å²) in [6.45, 7) is 6.60. The Labute approximate surface area is 157 Å². The van der Waals surface area contributed by atoms with Crippen LogP contribution in [0.15, 0.2) is 42.5 Å². The normalized spacial score (nSPS) is 11.0. The molecule has 0 saturated heterocycles. The van der Waals surface area contributed by atoms with Crippen molar-refractivity contribution in [3.8, 4) is 0 Å². The standard InChI is InChI=1S/C21H22FNO4/c1-13-5-8-15(22)11-17(13)19(25)27-12-18(24)14-6-9-16(10-7-14)23-20(26)21(2,3)4/h5-11H,12H2,1-4H3,(H,23,26). The van der Waals surface area contributed by atoms with Gasteiger partial charge in [-0.05, 0) is 48.9 Å². The molecule has 0 aromatic heterocycles. The maximum absolute atomic E-state index is 13.3. The number of ketones is 1. The molecule has 0 spiro atoms. The molecule has 27 heavy (non-hydrogen) atoms. The third-order valence-corrected chi connectivity index (χ3v) is 3.90. The largest absolute Gasteiger partial charge is 0.454 e. The maximum Gasteiger partial charge on any atom is 0.338 e. The van der Waals surface area contributed by atoms with Crippen molar-refractivity contribution >= 4 is 23.3 Å². The van der Waals surface area contributed by atoms with E-state index in [1.165, 1.54) is 12.1 Å². The predicted octanol–water partition coefficient (Wildman–Crippen LogP) is 4.16. The Morgan fingerprint density at radius 1 is 1.04 bits per heavy atom. The second-order valence-corrected chi connectivity index (χ2v) is 7.24. The van der Waals surface area contributed by atoms with Gasteiger partial charge in [-0.2, -0.15) is 0 Å². The van der Waals surface area contributed by atoms with Gasteiger partial charge in [0, 0.05) is 16.7 Å². The third kappa shape index (κ3) is 5.48. The molecule has 0 saturated carbocycles. The van der Waals surface area contributed by atoms with Crippen molar-refractivity contribution in [3.05, 3.63) is 65.0 Å². The van der Waals surface area contributed by atoms with Gasteiger partial charge < -0.3 is 10.1 Å². The molecule has 1 N–H and O–H groups in total. The Morgan fingerprint density at radius 3 is 2.26 bits per heavy atom. The molecule has 0 bridgehead atoms. The fourth-order valence-electron chi connectivity index (χ4n) is 2.16. The number of esters is 1. The number of Topliss-reactive ketones (excluding diaryl/α,β-unsaturated/α-hetero) is 1. The topological polar surface area (TPSA) is 72.5 Å². The number of carbonyl (C=O) groups excluding carboxylic acids is 3. The highest BCUT2D eigenvalue weighted by atomic mass is 19.1. The summed E-state index contributed by atoms with van der Waals surface area (Å²) in [5.74, 6) is -1.84. The zero-order valence-corrected chi connectivity index (χ0v) is 15.8. The first-order chi connectivity index (χ1) is 12.6. The minimum atomic E-state index is -0.755. The van der Waals surface area contributed by atoms with E-state index in [1.807, 2.05) is 0 Å². The van der Waals surface area contributed by atoms with E-state index >= 15 is 0 Å². The number of carbonyl (C=O) groups is 3. The van der Waals surface area contributed by atoms with Crippen molar-refractivity contribution < 1.29 is 23.5 Å². The summed E-state index contributed by atoms with van der Waals surface area (Å²) in [4.78, 5) is 36.2. The van der Waals surface area contributed by atoms with Gasteiger partial charge in [0.2, 0.25) is 5.91 Å². The van der Waals surface area contributed by atoms with Gasteiger partial charge in [-0.15, -0.1) is 0 Å². The van der Waals surface area contributed by atoms with Gasteiger partial charge in [-0.1, -0.05) is 26.8 Å². The second-order valence-electron chi connectivity index (χ2n) is 7.24. The molecule has 0 aliphatic carbocycles. The Balaban J connectivity index is 1.97. The third-order valence-electron chi connectivity index (χ3n) is 3.90. The van der Waals surface area contributed by atoms with Crippen LogP contribution in [-0.2, 0) is 9.53 Å². The highest BCUT2D eigenvalue weighted by Crippen LogP contribution is 2.18. The van der Waals surface area contributed by atoms with Crippen LogP contribution in [0, 0.1) is 18.2 Å². The van der Waals surface area contributed by atoms with Crippen molar-refractivity contribution in [2.24, 2.45) is 5.41 Å². The molecule has 142 valence electrons. The van der Waals surface area contributed by atoms with Crippen LogP contribution in [0.1, 0.15) is 47.1 Å². The number of nitrogens with one attached hydrogen (secondary N) is 1. The number of aryl methyl sites for hydroxylation is 1. The van der Waals surface area contributed by atoms with Gasteiger partial charge in [-0.25, -0.2) is 9.18 Å². The summed E-state index contributed by atoms with van der Waals surface area (Å²) < 4.78 is 18.3. The number of ether oxygens (including phenoxy) is 1. The van der Waals surface area contributed by atoms with Crippen molar-refractivity contribution in [1.29, 1.82) is 0 Å². The predicted molar refractivity (Wildman–Crippen MR) is 100 cm³/mol. The van der Waals surface area contributed by atoms with Crippen molar-refractivity contribution in [3.63, 3.8) is 0 Å². The van der Waals surface area contributed by atoms with E-state index < -0.39 is 29.6 Å². The van der Waals surface area contributed by atoms with Crippen LogP contribution in [0.25, 0.3) is 0 Å². The van der Waals surface area contributed by atoms with Crippen LogP contribution < -0.4 is 5.32 Å². The molecular formula is C21H22FNO4. The summed E-state index contributed by atoms with van der Waals surface area (Å²) >= 11 is 0. The molecule has 0 heterocycles. The fraction of sp³-hybridized carbons (Fsp3) is 0.286. The Bertz CT molecular complexity index is 867. The van der Waals surface area contributed by atoms with E-state index in [1.54, 1.807) is 52.0 Å². The summed E-state index contributed by atoms with van der Waals surface area (Å²) in [7, 11) is 0. The molecule has 0 fully saturated rings. The summed E-state index contributed by atoms with van der Waals surface area (Å²) in [5.41, 5.74) is 1.03. The number of anilines is 1. The molecule has 5 nitrogen and oxygen atoms in total. The van der Waals surface area contributed by atoms with E-state index in [4.69, 9.17) is 4.74 Å². The molecule has 2 aromatic carbocycles. The second kappa shape index (κ2) is 8.12. The smallest absolute Gasteiger partial charge is 0.338 e. The van der Waals surface area contributed by atoms with Crippen LogP contribution in [0.2, 0.25) is 0 Å². The lowest BCUT2D eigenvalue weighted by Crippen LogP contribution is -2.27. The zero-order chi connectivity index (χ0) is 20.2. The molecule has 0 unspecified atom stereocenters. The van der Waals surface area contributed by atoms with Crippen LogP contribution in [0.3, 0.4) is 0 Å².